The Labute approximate surface area is 93.9 Å². The van der Waals surface area contributed by atoms with Gasteiger partial charge in [0.1, 0.15) is 0 Å². The maximum atomic E-state index is 4.16. The van der Waals surface area contributed by atoms with Crippen LogP contribution in [0.15, 0.2) is 9.98 Å². The lowest BCUT2D eigenvalue weighted by Gasteiger charge is -2.10. The van der Waals surface area contributed by atoms with E-state index in [0.717, 1.165) is 0 Å². The molecule has 2 fully saturated rings. The van der Waals surface area contributed by atoms with Crippen LogP contribution in [-0.4, -0.2) is 25.5 Å². The Morgan fingerprint density at radius 3 is 1.20 bits per heavy atom. The number of hydrogen-bond donors (Lipinski definition) is 0. The first-order valence-corrected chi connectivity index (χ1v) is 6.26. The molecule has 0 N–H and O–H groups in total. The van der Waals surface area contributed by atoms with Gasteiger partial charge in [0.25, 0.3) is 0 Å². The zero-order valence-electron chi connectivity index (χ0n) is 10.3. The first-order chi connectivity index (χ1) is 7.36. The van der Waals surface area contributed by atoms with Crippen molar-refractivity contribution in [3.63, 3.8) is 0 Å². The molecule has 0 bridgehead atoms. The molecule has 0 heterocycles. The Hall–Kier alpha value is -0.660. The molecule has 0 aromatic heterocycles. The fourth-order valence-corrected chi connectivity index (χ4v) is 2.19. The minimum atomic E-state index is 1.26. The van der Waals surface area contributed by atoms with Crippen molar-refractivity contribution < 1.29 is 0 Å². The van der Waals surface area contributed by atoms with E-state index in [4.69, 9.17) is 0 Å². The van der Waals surface area contributed by atoms with Gasteiger partial charge in [-0.05, 0) is 51.4 Å². The van der Waals surface area contributed by atoms with Crippen molar-refractivity contribution in [2.75, 3.05) is 14.1 Å². The first kappa shape index (κ1) is 12.4. The Balaban J connectivity index is 0.000000151. The van der Waals surface area contributed by atoms with Gasteiger partial charge in [0.05, 0.1) is 0 Å². The van der Waals surface area contributed by atoms with Crippen molar-refractivity contribution in [3.8, 4) is 0 Å². The van der Waals surface area contributed by atoms with E-state index in [9.17, 15) is 0 Å². The van der Waals surface area contributed by atoms with E-state index >= 15 is 0 Å². The number of nitrogens with zero attached hydrogens (tertiary/aromatic N) is 2. The summed E-state index contributed by atoms with van der Waals surface area (Å²) in [7, 11) is 3.79. The van der Waals surface area contributed by atoms with Crippen molar-refractivity contribution in [2.24, 2.45) is 9.98 Å². The Morgan fingerprint density at radius 2 is 0.933 bits per heavy atom. The second-order valence-corrected chi connectivity index (χ2v) is 4.35. The van der Waals surface area contributed by atoms with E-state index in [0.29, 0.717) is 0 Å². The molecule has 0 radical (unpaired) electrons. The second kappa shape index (κ2) is 7.61. The zero-order valence-corrected chi connectivity index (χ0v) is 10.3. The smallest absolute Gasteiger partial charge is 0.0276 e. The van der Waals surface area contributed by atoms with Crippen LogP contribution in [0.3, 0.4) is 0 Å². The average Bonchev–Trinajstić information content (AvgIpc) is 2.84. The van der Waals surface area contributed by atoms with Gasteiger partial charge in [-0.2, -0.15) is 0 Å². The molecule has 0 atom stereocenters. The van der Waals surface area contributed by atoms with Crippen LogP contribution in [0.25, 0.3) is 0 Å². The molecular formula is C13H24N2. The van der Waals surface area contributed by atoms with Gasteiger partial charge in [0.15, 0.2) is 0 Å². The quantitative estimate of drug-likeness (QED) is 0.580. The summed E-state index contributed by atoms with van der Waals surface area (Å²) in [5.41, 5.74) is 2.84. The monoisotopic (exact) mass is 208 g/mol. The third kappa shape index (κ3) is 5.10. The van der Waals surface area contributed by atoms with Gasteiger partial charge in [-0.15, -0.1) is 0 Å². The van der Waals surface area contributed by atoms with Crippen molar-refractivity contribution in [2.45, 2.75) is 57.8 Å². The van der Waals surface area contributed by atoms with Crippen LogP contribution in [0.5, 0.6) is 0 Å². The van der Waals surface area contributed by atoms with Crippen LogP contribution in [-0.2, 0) is 0 Å². The molecule has 0 aliphatic heterocycles. The maximum Gasteiger partial charge on any atom is 0.0276 e. The molecule has 0 aromatic carbocycles. The van der Waals surface area contributed by atoms with Crippen LogP contribution >= 0.6 is 0 Å². The predicted octanol–water partition coefficient (Wildman–Crippen LogP) is 3.65. The molecule has 86 valence electrons. The summed E-state index contributed by atoms with van der Waals surface area (Å²) in [6.07, 6.45) is 11.9. The lowest BCUT2D eigenvalue weighted by molar-refractivity contribution is 0.666. The fourth-order valence-electron chi connectivity index (χ4n) is 2.19. The number of rotatable bonds is 0. The van der Waals surface area contributed by atoms with Gasteiger partial charge in [-0.3, -0.25) is 9.98 Å². The van der Waals surface area contributed by atoms with Crippen LogP contribution in [0.4, 0.5) is 0 Å². The Morgan fingerprint density at radius 1 is 0.600 bits per heavy atom. The summed E-state index contributed by atoms with van der Waals surface area (Å²) < 4.78 is 0. The van der Waals surface area contributed by atoms with Gasteiger partial charge in [0, 0.05) is 25.5 Å². The normalized spacial score (nSPS) is 20.7. The molecule has 2 nitrogen and oxygen atoms in total. The second-order valence-electron chi connectivity index (χ2n) is 4.35. The summed E-state index contributed by atoms with van der Waals surface area (Å²) in [5.74, 6) is 0. The molecule has 0 aromatic rings. The molecule has 2 heteroatoms. The van der Waals surface area contributed by atoms with E-state index in [1.807, 2.05) is 14.1 Å². The summed E-state index contributed by atoms with van der Waals surface area (Å²) in [6, 6.07) is 0. The lowest BCUT2D eigenvalue weighted by atomic mass is 9.99. The van der Waals surface area contributed by atoms with E-state index in [2.05, 4.69) is 9.98 Å². The van der Waals surface area contributed by atoms with Crippen molar-refractivity contribution in [1.29, 1.82) is 0 Å². The third-order valence-electron chi connectivity index (χ3n) is 3.24. The molecule has 2 saturated carbocycles. The number of hydrogen-bond acceptors (Lipinski definition) is 2. The third-order valence-corrected chi connectivity index (χ3v) is 3.24. The molecule has 0 amide bonds. The predicted molar refractivity (Wildman–Crippen MR) is 68.3 cm³/mol. The topological polar surface area (TPSA) is 24.7 Å². The van der Waals surface area contributed by atoms with Gasteiger partial charge >= 0.3 is 0 Å². The van der Waals surface area contributed by atoms with E-state index in [1.54, 1.807) is 0 Å². The first-order valence-electron chi connectivity index (χ1n) is 6.26. The van der Waals surface area contributed by atoms with Crippen molar-refractivity contribution in [3.05, 3.63) is 0 Å². The minimum absolute atomic E-state index is 1.26. The minimum Gasteiger partial charge on any atom is -0.297 e. The Bertz CT molecular complexity index is 213. The SMILES string of the molecule is CN=C1CCCC1.CN=C1CCCCC1. The Kier molecular flexibility index (Phi) is 6.29. The van der Waals surface area contributed by atoms with E-state index < -0.39 is 0 Å². The molecule has 15 heavy (non-hydrogen) atoms. The lowest BCUT2D eigenvalue weighted by Crippen LogP contribution is -2.03. The van der Waals surface area contributed by atoms with Crippen molar-refractivity contribution in [1.82, 2.24) is 0 Å². The van der Waals surface area contributed by atoms with Crippen molar-refractivity contribution >= 4 is 11.4 Å². The van der Waals surface area contributed by atoms with Gasteiger partial charge in [0.2, 0.25) is 0 Å². The largest absolute Gasteiger partial charge is 0.297 e. The van der Waals surface area contributed by atoms with Crippen LogP contribution in [0, 0.1) is 0 Å². The highest BCUT2D eigenvalue weighted by atomic mass is 14.7. The highest BCUT2D eigenvalue weighted by Crippen LogP contribution is 2.14. The highest BCUT2D eigenvalue weighted by molar-refractivity contribution is 5.85. The molecule has 2 aliphatic carbocycles. The molecule has 0 spiro atoms. The van der Waals surface area contributed by atoms with Crippen LogP contribution < -0.4 is 0 Å². The van der Waals surface area contributed by atoms with E-state index in [1.165, 1.54) is 69.2 Å². The fraction of sp³-hybridized carbons (Fsp3) is 0.846. The van der Waals surface area contributed by atoms with Crippen LogP contribution in [0.2, 0.25) is 0 Å². The van der Waals surface area contributed by atoms with Gasteiger partial charge < -0.3 is 0 Å². The highest BCUT2D eigenvalue weighted by Gasteiger charge is 2.05. The summed E-state index contributed by atoms with van der Waals surface area (Å²) in [6.45, 7) is 0. The van der Waals surface area contributed by atoms with Gasteiger partial charge in [-0.25, -0.2) is 0 Å². The summed E-state index contributed by atoms with van der Waals surface area (Å²) in [4.78, 5) is 8.27. The molecule has 0 saturated heterocycles. The molecule has 2 rings (SSSR count). The molecular weight excluding hydrogens is 184 g/mol. The van der Waals surface area contributed by atoms with Gasteiger partial charge in [-0.1, -0.05) is 6.42 Å². The van der Waals surface area contributed by atoms with Crippen LogP contribution in [0.1, 0.15) is 57.8 Å². The summed E-state index contributed by atoms with van der Waals surface area (Å²) >= 11 is 0. The molecule has 2 aliphatic rings. The standard InChI is InChI=1S/C7H13N.C6H11N/c1-8-7-5-3-2-4-6-7;1-7-6-4-2-3-5-6/h2-6H2,1H3;2-5H2,1H3. The maximum absolute atomic E-state index is 4.16. The average molecular weight is 208 g/mol. The zero-order chi connectivity index (χ0) is 10.9. The number of aliphatic imine (C=N–C) groups is 2. The van der Waals surface area contributed by atoms with E-state index in [-0.39, 0.29) is 0 Å². The molecule has 0 unspecified atom stereocenters. The summed E-state index contributed by atoms with van der Waals surface area (Å²) in [5, 5.41) is 0.